The van der Waals surface area contributed by atoms with Crippen LogP contribution in [0.15, 0.2) is 33.8 Å². The largest absolute Gasteiger partial charge is 0.465 e. The SMILES string of the molecule is CCOCCn1c(=NC(=O)CS(=O)(=O)CC(=O)Nc2cc(C)on2)sc2cc(C(=O)OC)ccc21. The van der Waals surface area contributed by atoms with Crippen LogP contribution in [0.25, 0.3) is 10.2 Å². The van der Waals surface area contributed by atoms with Crippen LogP contribution < -0.4 is 10.1 Å². The Morgan fingerprint density at radius 1 is 1.23 bits per heavy atom. The Morgan fingerprint density at radius 2 is 2.00 bits per heavy atom. The highest BCUT2D eigenvalue weighted by Crippen LogP contribution is 2.20. The summed E-state index contributed by atoms with van der Waals surface area (Å²) in [7, 11) is -2.83. The molecule has 0 radical (unpaired) electrons. The molecule has 12 nitrogen and oxygen atoms in total. The van der Waals surface area contributed by atoms with Gasteiger partial charge in [0, 0.05) is 19.2 Å². The monoisotopic (exact) mass is 524 g/mol. The van der Waals surface area contributed by atoms with Crippen LogP contribution in [-0.2, 0) is 35.4 Å². The molecule has 35 heavy (non-hydrogen) atoms. The Labute approximate surface area is 204 Å². The molecule has 0 saturated carbocycles. The van der Waals surface area contributed by atoms with Crippen LogP contribution >= 0.6 is 11.3 Å². The van der Waals surface area contributed by atoms with Crippen molar-refractivity contribution in [2.45, 2.75) is 20.4 Å². The topological polar surface area (TPSA) is 159 Å². The van der Waals surface area contributed by atoms with Crippen LogP contribution in [-0.4, -0.2) is 67.8 Å². The number of methoxy groups -OCH3 is 1. The number of carbonyl (C=O) groups is 3. The van der Waals surface area contributed by atoms with E-state index in [4.69, 9.17) is 14.0 Å². The zero-order valence-electron chi connectivity index (χ0n) is 19.3. The van der Waals surface area contributed by atoms with Gasteiger partial charge in [0.1, 0.15) is 17.3 Å². The lowest BCUT2D eigenvalue weighted by molar-refractivity contribution is -0.115. The second-order valence-corrected chi connectivity index (χ2v) is 10.4. The summed E-state index contributed by atoms with van der Waals surface area (Å²) in [6.07, 6.45) is 0. The fourth-order valence-electron chi connectivity index (χ4n) is 3.10. The number of aromatic nitrogens is 2. The van der Waals surface area contributed by atoms with Gasteiger partial charge in [0.2, 0.25) is 5.91 Å². The van der Waals surface area contributed by atoms with Gasteiger partial charge in [0.25, 0.3) is 5.91 Å². The molecule has 3 aromatic rings. The third kappa shape index (κ3) is 7.07. The lowest BCUT2D eigenvalue weighted by atomic mass is 10.2. The van der Waals surface area contributed by atoms with E-state index in [0.29, 0.717) is 41.3 Å². The summed E-state index contributed by atoms with van der Waals surface area (Å²) in [5.41, 5.74) is 1.02. The maximum absolute atomic E-state index is 12.5. The number of nitrogens with zero attached hydrogens (tertiary/aromatic N) is 3. The van der Waals surface area contributed by atoms with Crippen LogP contribution in [0.2, 0.25) is 0 Å². The highest BCUT2D eigenvalue weighted by molar-refractivity contribution is 7.92. The van der Waals surface area contributed by atoms with Crippen LogP contribution in [0, 0.1) is 6.92 Å². The van der Waals surface area contributed by atoms with Crippen molar-refractivity contribution in [3.8, 4) is 0 Å². The molecule has 0 aliphatic carbocycles. The quantitative estimate of drug-likeness (QED) is 0.305. The zero-order chi connectivity index (χ0) is 25.6. The first-order valence-electron chi connectivity index (χ1n) is 10.4. The van der Waals surface area contributed by atoms with Crippen LogP contribution in [0.4, 0.5) is 5.82 Å². The first-order chi connectivity index (χ1) is 16.6. The lowest BCUT2D eigenvalue weighted by Crippen LogP contribution is -2.28. The summed E-state index contributed by atoms with van der Waals surface area (Å²) >= 11 is 1.12. The van der Waals surface area contributed by atoms with E-state index in [-0.39, 0.29) is 10.6 Å². The predicted octanol–water partition coefficient (Wildman–Crippen LogP) is 1.30. The van der Waals surface area contributed by atoms with Gasteiger partial charge in [-0.1, -0.05) is 16.5 Å². The Kier molecular flexibility index (Phi) is 8.53. The number of sulfone groups is 1. The number of aryl methyl sites for hydroxylation is 1. The van der Waals surface area contributed by atoms with Crippen molar-refractivity contribution >= 4 is 55.0 Å². The molecular weight excluding hydrogens is 500 g/mol. The fourth-order valence-corrected chi connectivity index (χ4v) is 5.23. The summed E-state index contributed by atoms with van der Waals surface area (Å²) < 4.78 is 42.1. The molecule has 14 heteroatoms. The minimum absolute atomic E-state index is 0.0747. The van der Waals surface area contributed by atoms with Gasteiger partial charge >= 0.3 is 5.97 Å². The van der Waals surface area contributed by atoms with E-state index >= 15 is 0 Å². The zero-order valence-corrected chi connectivity index (χ0v) is 20.9. The van der Waals surface area contributed by atoms with Crippen molar-refractivity contribution in [1.29, 1.82) is 0 Å². The molecule has 0 spiro atoms. The molecule has 3 rings (SSSR count). The number of esters is 1. The lowest BCUT2D eigenvalue weighted by Gasteiger charge is -2.06. The van der Waals surface area contributed by atoms with Crippen molar-refractivity contribution in [2.24, 2.45) is 4.99 Å². The minimum Gasteiger partial charge on any atom is -0.465 e. The van der Waals surface area contributed by atoms with Gasteiger partial charge in [-0.2, -0.15) is 4.99 Å². The third-order valence-electron chi connectivity index (χ3n) is 4.58. The second kappa shape index (κ2) is 11.4. The van der Waals surface area contributed by atoms with Gasteiger partial charge in [-0.15, -0.1) is 0 Å². The van der Waals surface area contributed by atoms with Crippen LogP contribution in [0.5, 0.6) is 0 Å². The van der Waals surface area contributed by atoms with E-state index in [1.165, 1.54) is 13.2 Å². The van der Waals surface area contributed by atoms with E-state index in [2.05, 4.69) is 15.5 Å². The van der Waals surface area contributed by atoms with Crippen molar-refractivity contribution in [1.82, 2.24) is 9.72 Å². The number of benzene rings is 1. The smallest absolute Gasteiger partial charge is 0.337 e. The maximum atomic E-state index is 12.5. The average molecular weight is 525 g/mol. The number of ether oxygens (including phenoxy) is 2. The molecule has 2 heterocycles. The number of hydrogen-bond donors (Lipinski definition) is 1. The average Bonchev–Trinajstić information content (AvgIpc) is 3.34. The molecule has 0 bridgehead atoms. The van der Waals surface area contributed by atoms with E-state index in [1.54, 1.807) is 29.7 Å². The first kappa shape index (κ1) is 26.2. The fraction of sp³-hybridized carbons (Fsp3) is 0.381. The molecule has 0 aliphatic heterocycles. The first-order valence-corrected chi connectivity index (χ1v) is 13.1. The number of amides is 2. The number of carbonyl (C=O) groups excluding carboxylic acids is 3. The summed E-state index contributed by atoms with van der Waals surface area (Å²) in [5, 5.41) is 5.86. The maximum Gasteiger partial charge on any atom is 0.337 e. The van der Waals surface area contributed by atoms with Gasteiger partial charge in [0.05, 0.1) is 29.5 Å². The molecule has 2 amide bonds. The van der Waals surface area contributed by atoms with E-state index < -0.39 is 39.1 Å². The Balaban J connectivity index is 1.83. The third-order valence-corrected chi connectivity index (χ3v) is 7.01. The molecule has 0 unspecified atom stereocenters. The van der Waals surface area contributed by atoms with Crippen LogP contribution in [0.3, 0.4) is 0 Å². The number of thiazole rings is 1. The minimum atomic E-state index is -4.10. The van der Waals surface area contributed by atoms with Gasteiger partial charge in [-0.3, -0.25) is 9.59 Å². The number of nitrogens with one attached hydrogen (secondary N) is 1. The molecule has 1 aromatic carbocycles. The normalized spacial score (nSPS) is 12.1. The second-order valence-electron chi connectivity index (χ2n) is 7.32. The molecule has 2 aromatic heterocycles. The van der Waals surface area contributed by atoms with Gasteiger partial charge in [0.15, 0.2) is 20.5 Å². The van der Waals surface area contributed by atoms with Gasteiger partial charge < -0.3 is 23.9 Å². The summed E-state index contributed by atoms with van der Waals surface area (Å²) in [5.74, 6) is -3.65. The summed E-state index contributed by atoms with van der Waals surface area (Å²) in [4.78, 5) is 40.7. The molecular formula is C21H24N4O8S2. The number of fused-ring (bicyclic) bond motifs is 1. The summed E-state index contributed by atoms with van der Waals surface area (Å²) in [6.45, 7) is 4.64. The molecule has 0 atom stereocenters. The van der Waals surface area contributed by atoms with Crippen LogP contribution in [0.1, 0.15) is 23.0 Å². The Bertz CT molecular complexity index is 1420. The van der Waals surface area contributed by atoms with E-state index in [0.717, 1.165) is 11.3 Å². The Hall–Kier alpha value is -3.36. The van der Waals surface area contributed by atoms with E-state index in [1.807, 2.05) is 6.92 Å². The molecule has 188 valence electrons. The molecule has 0 fully saturated rings. The van der Waals surface area contributed by atoms with Crippen molar-refractivity contribution in [3.05, 3.63) is 40.4 Å². The highest BCUT2D eigenvalue weighted by Gasteiger charge is 2.22. The van der Waals surface area contributed by atoms with E-state index in [9.17, 15) is 22.8 Å². The number of anilines is 1. The molecule has 0 saturated heterocycles. The number of hydrogen-bond acceptors (Lipinski definition) is 10. The van der Waals surface area contributed by atoms with Crippen molar-refractivity contribution < 1.29 is 36.8 Å². The van der Waals surface area contributed by atoms with Gasteiger partial charge in [-0.05, 0) is 32.0 Å². The predicted molar refractivity (Wildman–Crippen MR) is 127 cm³/mol. The van der Waals surface area contributed by atoms with Gasteiger partial charge in [-0.25, -0.2) is 13.2 Å². The summed E-state index contributed by atoms with van der Waals surface area (Å²) in [6, 6.07) is 6.32. The molecule has 0 aliphatic rings. The van der Waals surface area contributed by atoms with Crippen molar-refractivity contribution in [3.63, 3.8) is 0 Å². The standard InChI is InChI=1S/C21H24N4O8S2/c1-4-32-8-7-25-15-6-5-14(20(28)31-3)10-16(15)34-21(25)23-19(27)12-35(29,30)11-18(26)22-17-9-13(2)33-24-17/h5-6,9-10H,4,7-8,11-12H2,1-3H3,(H,22,24,26). The Morgan fingerprint density at radius 3 is 2.66 bits per heavy atom. The molecule has 1 N–H and O–H groups in total. The highest BCUT2D eigenvalue weighted by atomic mass is 32.2. The van der Waals surface area contributed by atoms with Crippen molar-refractivity contribution in [2.75, 3.05) is 37.1 Å². The number of rotatable bonds is 10.